The summed E-state index contributed by atoms with van der Waals surface area (Å²) < 4.78 is 0. The number of hydrogen-bond donors (Lipinski definition) is 0. The Balaban J connectivity index is 1.47. The smallest absolute Gasteiger partial charge is 0.0210 e. The van der Waals surface area contributed by atoms with Gasteiger partial charge in [0, 0.05) is 10.1 Å². The maximum atomic E-state index is 2.72. The van der Waals surface area contributed by atoms with Crippen molar-refractivity contribution in [3.8, 4) is 0 Å². The molecule has 1 heterocycles. The third-order valence-corrected chi connectivity index (χ3v) is 22.9. The average molecular weight is 833 g/mol. The summed E-state index contributed by atoms with van der Waals surface area (Å²) in [5.74, 6) is 0. The van der Waals surface area contributed by atoms with Crippen molar-refractivity contribution in [2.75, 3.05) is 0 Å². The Morgan fingerprint density at radius 1 is 0.207 bits per heavy atom. The van der Waals surface area contributed by atoms with Gasteiger partial charge in [-0.15, -0.1) is 0 Å². The molecule has 0 saturated heterocycles. The van der Waals surface area contributed by atoms with Crippen LogP contribution in [-0.2, 0) is 0 Å². The maximum absolute atomic E-state index is 2.72. The molecule has 9 aromatic rings. The second-order valence-electron chi connectivity index (χ2n) is 13.7. The summed E-state index contributed by atoms with van der Waals surface area (Å²) in [5, 5.41) is 17.0. The molecule has 0 saturated carbocycles. The molecule has 8 aromatic carbocycles. The summed E-state index contributed by atoms with van der Waals surface area (Å²) in [6.07, 6.45) is 0. The van der Waals surface area contributed by atoms with Gasteiger partial charge in [-0.3, -0.25) is 0 Å². The highest BCUT2D eigenvalue weighted by Crippen LogP contribution is 2.46. The number of rotatable bonds is 12. The molecule has 0 radical (unpaired) electrons. The molecule has 0 aliphatic heterocycles. The van der Waals surface area contributed by atoms with Crippen LogP contribution < -0.4 is 63.1 Å². The lowest BCUT2D eigenvalue weighted by molar-refractivity contribution is 1.75. The highest BCUT2D eigenvalue weighted by atomic mass is 31.2. The van der Waals surface area contributed by atoms with Crippen LogP contribution in [0.2, 0.25) is 0 Å². The molecular formula is C53H41P5. The van der Waals surface area contributed by atoms with E-state index in [1.165, 1.54) is 71.3 Å². The molecule has 0 nitrogen and oxygen atoms in total. The third kappa shape index (κ3) is 8.48. The monoisotopic (exact) mass is 832 g/mol. The lowest BCUT2D eigenvalue weighted by atomic mass is 10.4. The lowest BCUT2D eigenvalue weighted by Crippen LogP contribution is -2.41. The van der Waals surface area contributed by atoms with E-state index >= 15 is 0 Å². The van der Waals surface area contributed by atoms with Crippen LogP contribution in [0.1, 0.15) is 0 Å². The minimum absolute atomic E-state index is 0.922. The average Bonchev–Trinajstić information content (AvgIpc) is 3.31. The van der Waals surface area contributed by atoms with Gasteiger partial charge in [0.05, 0.1) is 0 Å². The minimum atomic E-state index is -0.941. The first-order valence-electron chi connectivity index (χ1n) is 19.5. The van der Waals surface area contributed by atoms with Crippen LogP contribution in [0.15, 0.2) is 249 Å². The number of hydrogen-bond acceptors (Lipinski definition) is 0. The van der Waals surface area contributed by atoms with E-state index < -0.39 is 31.7 Å². The van der Waals surface area contributed by atoms with Gasteiger partial charge in [0.25, 0.3) is 0 Å². The second kappa shape index (κ2) is 18.8. The minimum Gasteiger partial charge on any atom is -0.0622 e. The van der Waals surface area contributed by atoms with E-state index in [2.05, 4.69) is 249 Å². The van der Waals surface area contributed by atoms with Crippen molar-refractivity contribution >= 4 is 103 Å². The van der Waals surface area contributed by atoms with Gasteiger partial charge in [-0.1, -0.05) is 251 Å². The number of benzene rings is 8. The summed E-state index contributed by atoms with van der Waals surface area (Å²) in [6.45, 7) is 0. The Labute approximate surface area is 349 Å². The fraction of sp³-hybridized carbons (Fsp3) is 0. The van der Waals surface area contributed by atoms with Crippen LogP contribution in [0.4, 0.5) is 0 Å². The fourth-order valence-electron chi connectivity index (χ4n) is 7.39. The highest BCUT2D eigenvalue weighted by molar-refractivity contribution is 7.95. The molecule has 0 atom stereocenters. The van der Waals surface area contributed by atoms with Crippen LogP contribution in [0.25, 0.3) is 0 Å². The van der Waals surface area contributed by atoms with E-state index in [-0.39, 0.29) is 0 Å². The van der Waals surface area contributed by atoms with Crippen LogP contribution in [0.3, 0.4) is 0 Å². The molecule has 0 fully saturated rings. The molecule has 0 amide bonds. The first-order chi connectivity index (χ1) is 28.8. The molecule has 0 bridgehead atoms. The van der Waals surface area contributed by atoms with Crippen molar-refractivity contribution in [1.29, 1.82) is 0 Å². The van der Waals surface area contributed by atoms with Crippen molar-refractivity contribution in [2.45, 2.75) is 0 Å². The van der Waals surface area contributed by atoms with Crippen molar-refractivity contribution in [3.05, 3.63) is 249 Å². The second-order valence-corrected chi connectivity index (χ2v) is 24.2. The largest absolute Gasteiger partial charge is 0.0622 e. The van der Waals surface area contributed by atoms with E-state index in [1.807, 2.05) is 0 Å². The van der Waals surface area contributed by atoms with Gasteiger partial charge in [-0.2, -0.15) is 0 Å². The zero-order chi connectivity index (χ0) is 38.9. The van der Waals surface area contributed by atoms with Crippen LogP contribution in [0.5, 0.6) is 0 Å². The van der Waals surface area contributed by atoms with Crippen LogP contribution in [-0.4, -0.2) is 0 Å². The molecule has 9 rings (SSSR count). The Morgan fingerprint density at radius 2 is 0.379 bits per heavy atom. The quantitative estimate of drug-likeness (QED) is 0.108. The normalized spacial score (nSPS) is 11.4. The van der Waals surface area contributed by atoms with Gasteiger partial charge in [0.15, 0.2) is 0 Å². The lowest BCUT2D eigenvalue weighted by Gasteiger charge is -2.33. The molecular weight excluding hydrogens is 791 g/mol. The topological polar surface area (TPSA) is 0 Å². The van der Waals surface area contributed by atoms with Crippen molar-refractivity contribution in [1.82, 2.24) is 0 Å². The molecule has 0 unspecified atom stereocenters. The summed E-state index contributed by atoms with van der Waals surface area (Å²) in [7, 11) is -2.43. The van der Waals surface area contributed by atoms with Crippen LogP contribution >= 0.6 is 39.9 Å². The van der Waals surface area contributed by atoms with Gasteiger partial charge in [0.1, 0.15) is 0 Å². The zero-order valence-corrected chi connectivity index (χ0v) is 36.4. The van der Waals surface area contributed by atoms with E-state index in [0.717, 1.165) is 0 Å². The van der Waals surface area contributed by atoms with E-state index in [0.29, 0.717) is 0 Å². The van der Waals surface area contributed by atoms with Crippen molar-refractivity contribution in [3.63, 3.8) is 0 Å². The Bertz CT molecular complexity index is 2120. The molecule has 0 aliphatic carbocycles. The highest BCUT2D eigenvalue weighted by Gasteiger charge is 2.33. The summed E-state index contributed by atoms with van der Waals surface area (Å²) in [6, 6.07) is 93.3. The van der Waals surface area contributed by atoms with Gasteiger partial charge in [0.2, 0.25) is 0 Å². The third-order valence-electron chi connectivity index (χ3n) is 9.96. The van der Waals surface area contributed by atoms with E-state index in [1.54, 1.807) is 0 Å². The Morgan fingerprint density at radius 3 is 0.569 bits per heavy atom. The van der Waals surface area contributed by atoms with Crippen molar-refractivity contribution in [2.24, 2.45) is 0 Å². The molecule has 0 spiro atoms. The summed E-state index contributed by atoms with van der Waals surface area (Å²) in [4.78, 5) is 0. The summed E-state index contributed by atoms with van der Waals surface area (Å²) >= 11 is 0. The van der Waals surface area contributed by atoms with Gasteiger partial charge in [-0.05, 0) is 90.8 Å². The summed E-state index contributed by atoms with van der Waals surface area (Å²) in [5.41, 5.74) is 0. The van der Waals surface area contributed by atoms with E-state index in [9.17, 15) is 0 Å². The van der Waals surface area contributed by atoms with Gasteiger partial charge in [-0.25, -0.2) is 0 Å². The first kappa shape index (κ1) is 38.6. The SMILES string of the molecule is c1ccc(P(c2ccccc2)c2cc(P(c3ccccc3)c3ccccc3)c(P(c3ccccc3)c3ccccc3)pc2P(c2ccccc2)c2ccccc2)cc1. The predicted octanol–water partition coefficient (Wildman–Crippen LogP) is 9.30. The molecule has 1 aromatic heterocycles. The van der Waals surface area contributed by atoms with E-state index in [4.69, 9.17) is 0 Å². The fourth-order valence-corrected chi connectivity index (χ4v) is 21.7. The standard InChI is InChI=1S/C53H41P5/c1-9-25-42(26-10-1)55(43-27-11-2-12-28-43)50-41-51(56(44-29-13-3-14-30-44)45-31-15-4-16-32-45)53(58(48-37-21-7-22-38-48)49-39-23-8-24-40-49)54-52(50)57(46-33-17-5-18-34-46)47-35-19-6-20-36-47/h1-41H. The Kier molecular flexibility index (Phi) is 12.5. The molecule has 5 heteroatoms. The van der Waals surface area contributed by atoms with Gasteiger partial charge < -0.3 is 0 Å². The van der Waals surface area contributed by atoms with Gasteiger partial charge >= 0.3 is 0 Å². The molecule has 0 N–H and O–H groups in total. The molecule has 58 heavy (non-hydrogen) atoms. The Hall–Kier alpha value is -4.87. The maximum Gasteiger partial charge on any atom is 0.0210 e. The molecule has 278 valence electrons. The van der Waals surface area contributed by atoms with Crippen molar-refractivity contribution < 1.29 is 0 Å². The van der Waals surface area contributed by atoms with Crippen LogP contribution in [0, 0.1) is 0 Å². The predicted molar refractivity (Wildman–Crippen MR) is 264 cm³/mol. The zero-order valence-electron chi connectivity index (χ0n) is 31.9. The first-order valence-corrected chi connectivity index (χ1v) is 25.8. The molecule has 0 aliphatic rings.